The Labute approximate surface area is 337 Å². The second-order valence-electron chi connectivity index (χ2n) is 14.8. The Bertz CT molecular complexity index is 2600. The number of likely N-dealkylation sites (N-methyl/N-ethyl adjacent to an activating group) is 1. The fraction of sp³-hybridized carbons (Fsp3) is 0.333. The number of carboxylic acids is 1. The minimum Gasteiger partial charge on any atom is -0.481 e. The first-order valence-corrected chi connectivity index (χ1v) is 20.7. The van der Waals surface area contributed by atoms with Gasteiger partial charge in [0, 0.05) is 60.2 Å². The van der Waals surface area contributed by atoms with Gasteiger partial charge in [0.25, 0.3) is 0 Å². The van der Waals surface area contributed by atoms with Crippen molar-refractivity contribution in [3.8, 4) is 0 Å². The van der Waals surface area contributed by atoms with Crippen LogP contribution in [0, 0.1) is 11.8 Å². The number of methoxy groups -OCH3 is 1. The third kappa shape index (κ3) is 7.38. The van der Waals surface area contributed by atoms with Crippen LogP contribution in [0.25, 0.3) is 20.4 Å². The Morgan fingerprint density at radius 2 is 1.32 bits per heavy atom. The number of aryl methyl sites for hydroxylation is 2. The molecule has 0 bridgehead atoms. The van der Waals surface area contributed by atoms with Crippen LogP contribution in [0.4, 0.5) is 23.0 Å². The molecule has 3 N–H and O–H groups in total. The molecule has 0 saturated heterocycles. The molecule has 4 aromatic heterocycles. The number of carbonyl (C=O) groups is 2. The lowest BCUT2D eigenvalue weighted by molar-refractivity contribution is -0.142. The molecular weight excluding hydrogens is 759 g/mol. The number of aromatic nitrogens is 4. The highest BCUT2D eigenvalue weighted by Crippen LogP contribution is 2.42. The van der Waals surface area contributed by atoms with Gasteiger partial charge in [0.05, 0.1) is 36.4 Å². The molecule has 6 heterocycles. The van der Waals surface area contributed by atoms with Crippen molar-refractivity contribution >= 4 is 90.4 Å². The molecule has 2 aliphatic carbocycles. The summed E-state index contributed by atoms with van der Waals surface area (Å²) in [4.78, 5) is 56.8. The van der Waals surface area contributed by atoms with E-state index < -0.39 is 5.97 Å². The molecule has 0 unspecified atom stereocenters. The minimum atomic E-state index is -0.711. The molecule has 4 aliphatic rings. The van der Waals surface area contributed by atoms with Crippen molar-refractivity contribution in [1.29, 1.82) is 0 Å². The van der Waals surface area contributed by atoms with Crippen molar-refractivity contribution in [3.05, 3.63) is 92.2 Å². The Morgan fingerprint density at radius 3 is 1.84 bits per heavy atom. The minimum absolute atomic E-state index is 0.0165. The Morgan fingerprint density at radius 1 is 0.789 bits per heavy atom. The molecule has 0 fully saturated rings. The normalized spacial score (nSPS) is 17.4. The van der Waals surface area contributed by atoms with Crippen molar-refractivity contribution < 1.29 is 19.4 Å². The number of hydrogen-bond donors (Lipinski definition) is 3. The van der Waals surface area contributed by atoms with Crippen molar-refractivity contribution in [1.82, 2.24) is 24.8 Å². The molecule has 57 heavy (non-hydrogen) atoms. The van der Waals surface area contributed by atoms with E-state index in [1.54, 1.807) is 47.3 Å². The van der Waals surface area contributed by atoms with E-state index in [0.29, 0.717) is 26.0 Å². The molecule has 6 aromatic rings. The first-order chi connectivity index (χ1) is 27.8. The smallest absolute Gasteiger partial charge is 0.306 e. The van der Waals surface area contributed by atoms with E-state index in [4.69, 9.17) is 4.74 Å². The summed E-state index contributed by atoms with van der Waals surface area (Å²) in [7, 11) is 3.52. The summed E-state index contributed by atoms with van der Waals surface area (Å²) in [6.07, 6.45) is 11.5. The average molecular weight is 800 g/mol. The van der Waals surface area contributed by atoms with Gasteiger partial charge in [0.1, 0.15) is 34.0 Å². The van der Waals surface area contributed by atoms with Gasteiger partial charge in [-0.1, -0.05) is 12.1 Å². The number of benzene rings is 2. The molecule has 1 amide bonds. The largest absolute Gasteiger partial charge is 0.481 e. The number of fused-ring (bicyclic) bond motifs is 8. The van der Waals surface area contributed by atoms with E-state index >= 15 is 0 Å². The summed E-state index contributed by atoms with van der Waals surface area (Å²) < 4.78 is 5.11. The van der Waals surface area contributed by atoms with Crippen LogP contribution in [0.5, 0.6) is 0 Å². The number of aliphatic carboxylic acids is 1. The van der Waals surface area contributed by atoms with Crippen LogP contribution < -0.4 is 10.6 Å². The number of thiophene rings is 2. The van der Waals surface area contributed by atoms with Crippen LogP contribution in [-0.4, -0.2) is 81.6 Å². The lowest BCUT2D eigenvalue weighted by Crippen LogP contribution is -2.37. The van der Waals surface area contributed by atoms with Crippen molar-refractivity contribution in [3.63, 3.8) is 0 Å². The number of aliphatic imine (C=N–C) groups is 2. The van der Waals surface area contributed by atoms with Crippen molar-refractivity contribution in [2.45, 2.75) is 51.6 Å². The van der Waals surface area contributed by atoms with Gasteiger partial charge in [-0.05, 0) is 96.2 Å². The highest BCUT2D eigenvalue weighted by Gasteiger charge is 2.31. The van der Waals surface area contributed by atoms with E-state index in [-0.39, 0.29) is 17.7 Å². The zero-order valence-electron chi connectivity index (χ0n) is 31.6. The van der Waals surface area contributed by atoms with Gasteiger partial charge in [0.2, 0.25) is 5.91 Å². The maximum Gasteiger partial charge on any atom is 0.306 e. The monoisotopic (exact) mass is 799 g/mol. The summed E-state index contributed by atoms with van der Waals surface area (Å²) in [5, 5.41) is 18.4. The van der Waals surface area contributed by atoms with Crippen LogP contribution in [0.2, 0.25) is 0 Å². The number of rotatable bonds is 9. The highest BCUT2D eigenvalue weighted by molar-refractivity contribution is 7.19. The maximum atomic E-state index is 12.9. The van der Waals surface area contributed by atoms with Gasteiger partial charge in [-0.2, -0.15) is 0 Å². The van der Waals surface area contributed by atoms with Crippen LogP contribution in [0.1, 0.15) is 56.0 Å². The van der Waals surface area contributed by atoms with Crippen LogP contribution in [0.3, 0.4) is 0 Å². The SMILES string of the molecule is COCCN(C)C(=O)[C@H]1CCc2c(sc3ncnc(Nc4ccc5c(c4)C=NC5)c23)C1.O=C(O)[C@H]1CCc2c(sc3ncnc(Nc4ccc5c(c4)C=NC5)c23)C1. The van der Waals surface area contributed by atoms with Gasteiger partial charge >= 0.3 is 5.97 Å². The molecule has 2 aliphatic heterocycles. The number of hydrogen-bond acceptors (Lipinski definition) is 13. The van der Waals surface area contributed by atoms with E-state index in [9.17, 15) is 14.7 Å². The zero-order chi connectivity index (χ0) is 39.0. The second kappa shape index (κ2) is 15.7. The van der Waals surface area contributed by atoms with Gasteiger partial charge in [-0.15, -0.1) is 22.7 Å². The molecule has 0 saturated carbocycles. The molecule has 10 rings (SSSR count). The number of amides is 1. The molecule has 2 aromatic carbocycles. The Balaban J connectivity index is 0.000000150. The predicted octanol–water partition coefficient (Wildman–Crippen LogP) is 7.13. The molecule has 2 atom stereocenters. The number of ether oxygens (including phenoxy) is 1. The van der Waals surface area contributed by atoms with Gasteiger partial charge < -0.3 is 25.4 Å². The van der Waals surface area contributed by atoms with Gasteiger partial charge in [-0.25, -0.2) is 19.9 Å². The summed E-state index contributed by atoms with van der Waals surface area (Å²) in [6, 6.07) is 12.5. The van der Waals surface area contributed by atoms with Crippen LogP contribution in [0.15, 0.2) is 59.0 Å². The number of nitrogens with one attached hydrogen (secondary N) is 2. The second-order valence-corrected chi connectivity index (χ2v) is 17.0. The quantitative estimate of drug-likeness (QED) is 0.137. The molecule has 15 heteroatoms. The molecule has 290 valence electrons. The van der Waals surface area contributed by atoms with Gasteiger partial charge in [-0.3, -0.25) is 19.6 Å². The fourth-order valence-electron chi connectivity index (χ4n) is 8.11. The van der Waals surface area contributed by atoms with Crippen molar-refractivity contribution in [2.24, 2.45) is 21.8 Å². The fourth-order valence-corrected chi connectivity index (χ4v) is 10.6. The van der Waals surface area contributed by atoms with E-state index in [1.165, 1.54) is 27.1 Å². The lowest BCUT2D eigenvalue weighted by atomic mass is 9.87. The number of carbonyl (C=O) groups excluding carboxylic acids is 1. The summed E-state index contributed by atoms with van der Waals surface area (Å²) in [6.45, 7) is 2.68. The average Bonchev–Trinajstić information content (AvgIpc) is 4.04. The third-order valence-electron chi connectivity index (χ3n) is 11.2. The highest BCUT2D eigenvalue weighted by atomic mass is 32.1. The first kappa shape index (κ1) is 37.0. The first-order valence-electron chi connectivity index (χ1n) is 19.1. The van der Waals surface area contributed by atoms with Crippen molar-refractivity contribution in [2.75, 3.05) is 37.9 Å². The Kier molecular flexibility index (Phi) is 10.2. The number of nitrogens with zero attached hydrogens (tertiary/aromatic N) is 7. The lowest BCUT2D eigenvalue weighted by Gasteiger charge is -2.26. The number of anilines is 4. The Hall–Kier alpha value is -5.64. The molecule has 0 spiro atoms. The van der Waals surface area contributed by atoms with E-state index in [2.05, 4.69) is 70.9 Å². The standard InChI is InChI=1S/C23H25N5O2S.C19H16N4O2S/c1-28(7-8-30-2)23(29)14-4-6-18-19(10-14)31-22-20(18)21(25-13-26-22)27-17-5-3-15-11-24-12-16(15)9-17;24-19(25)10-2-4-14-15(6-10)26-18-16(14)17(21-9-22-18)23-13-3-1-11-7-20-8-12(11)5-13/h3,5,9,12-14H,4,6-8,10-11H2,1-2H3,(H,25,26,27);1,3,5,8-10H,2,4,6-7H2,(H,24,25)(H,21,22,23)/t14-;10-/m00/s1. The van der Waals surface area contributed by atoms with E-state index in [1.807, 2.05) is 25.5 Å². The van der Waals surface area contributed by atoms with E-state index in [0.717, 1.165) is 98.2 Å². The van der Waals surface area contributed by atoms with Gasteiger partial charge in [0.15, 0.2) is 0 Å². The van der Waals surface area contributed by atoms with Crippen LogP contribution in [-0.2, 0) is 53.1 Å². The zero-order valence-corrected chi connectivity index (χ0v) is 33.3. The predicted molar refractivity (Wildman–Crippen MR) is 225 cm³/mol. The maximum absolute atomic E-state index is 12.9. The third-order valence-corrected chi connectivity index (χ3v) is 13.5. The summed E-state index contributed by atoms with van der Waals surface area (Å²) in [5.74, 6) is 0.830. The van der Waals surface area contributed by atoms with Crippen LogP contribution >= 0.6 is 22.7 Å². The summed E-state index contributed by atoms with van der Waals surface area (Å²) >= 11 is 3.28. The topological polar surface area (TPSA) is 167 Å². The summed E-state index contributed by atoms with van der Waals surface area (Å²) in [5.41, 5.74) is 9.22. The molecular formula is C42H41N9O4S2. The number of carboxylic acid groups (broad SMARTS) is 1. The molecule has 13 nitrogen and oxygen atoms in total. The molecule has 0 radical (unpaired) electrons.